The molecule has 0 radical (unpaired) electrons. The van der Waals surface area contributed by atoms with Gasteiger partial charge in [-0.05, 0) is 38.3 Å². The van der Waals surface area contributed by atoms with E-state index in [9.17, 15) is 14.9 Å². The lowest BCUT2D eigenvalue weighted by molar-refractivity contribution is 0.0501. The van der Waals surface area contributed by atoms with Crippen LogP contribution in [0.2, 0.25) is 0 Å². The van der Waals surface area contributed by atoms with Crippen molar-refractivity contribution in [2.75, 3.05) is 0 Å². The van der Waals surface area contributed by atoms with Crippen LogP contribution >= 0.6 is 0 Å². The molecule has 1 aliphatic heterocycles. The van der Waals surface area contributed by atoms with Crippen molar-refractivity contribution in [3.63, 3.8) is 0 Å². The van der Waals surface area contributed by atoms with Crippen LogP contribution in [-0.4, -0.2) is 16.3 Å². The summed E-state index contributed by atoms with van der Waals surface area (Å²) in [7, 11) is 0. The fraction of sp³-hybridized carbons (Fsp3) is 0.353. The van der Waals surface area contributed by atoms with Crippen LogP contribution in [0.15, 0.2) is 29.1 Å². The third kappa shape index (κ3) is 2.66. The average Bonchev–Trinajstić information content (AvgIpc) is 2.82. The van der Waals surface area contributed by atoms with Gasteiger partial charge in [0.2, 0.25) is 0 Å². The van der Waals surface area contributed by atoms with E-state index in [2.05, 4.69) is 11.4 Å². The van der Waals surface area contributed by atoms with Crippen LogP contribution in [0.25, 0.3) is 10.9 Å². The minimum atomic E-state index is -0.615. The summed E-state index contributed by atoms with van der Waals surface area (Å²) in [5.74, 6) is 0. The Morgan fingerprint density at radius 3 is 2.70 bits per heavy atom. The summed E-state index contributed by atoms with van der Waals surface area (Å²) in [4.78, 5) is 24.2. The molecule has 1 aromatic heterocycles. The fourth-order valence-electron chi connectivity index (χ4n) is 2.89. The van der Waals surface area contributed by atoms with Gasteiger partial charge in [0.05, 0.1) is 29.7 Å². The molecule has 2 aromatic rings. The van der Waals surface area contributed by atoms with E-state index in [0.29, 0.717) is 23.2 Å². The van der Waals surface area contributed by atoms with Gasteiger partial charge in [-0.15, -0.1) is 0 Å². The van der Waals surface area contributed by atoms with Gasteiger partial charge in [-0.3, -0.25) is 4.79 Å². The molecule has 0 saturated heterocycles. The summed E-state index contributed by atoms with van der Waals surface area (Å²) in [6.45, 7) is 5.63. The van der Waals surface area contributed by atoms with E-state index in [1.54, 1.807) is 37.5 Å². The minimum absolute atomic E-state index is 0.151. The number of hydrogen-bond donors (Lipinski definition) is 1. The van der Waals surface area contributed by atoms with Crippen molar-refractivity contribution >= 4 is 17.0 Å². The molecule has 2 heterocycles. The first kappa shape index (κ1) is 15.1. The second-order valence-corrected chi connectivity index (χ2v) is 6.56. The van der Waals surface area contributed by atoms with Crippen molar-refractivity contribution in [1.29, 1.82) is 5.26 Å². The van der Waals surface area contributed by atoms with Crippen molar-refractivity contribution in [3.05, 3.63) is 45.7 Å². The topological polar surface area (TPSA) is 84.1 Å². The normalized spacial score (nSPS) is 16.2. The Labute approximate surface area is 133 Å². The first-order chi connectivity index (χ1) is 10.8. The highest BCUT2D eigenvalue weighted by Crippen LogP contribution is 2.33. The molecule has 1 aromatic carbocycles. The molecule has 1 aliphatic rings. The molecule has 118 valence electrons. The van der Waals surface area contributed by atoms with Gasteiger partial charge in [-0.2, -0.15) is 5.26 Å². The van der Waals surface area contributed by atoms with E-state index in [4.69, 9.17) is 4.74 Å². The lowest BCUT2D eigenvalue weighted by Crippen LogP contribution is -2.35. The van der Waals surface area contributed by atoms with Gasteiger partial charge < -0.3 is 14.6 Å². The highest BCUT2D eigenvalue weighted by molar-refractivity contribution is 5.87. The predicted molar refractivity (Wildman–Crippen MR) is 85.0 cm³/mol. The second kappa shape index (κ2) is 5.13. The van der Waals surface area contributed by atoms with E-state index in [-0.39, 0.29) is 5.56 Å². The van der Waals surface area contributed by atoms with Crippen LogP contribution in [0.1, 0.15) is 37.9 Å². The number of nitriles is 1. The Morgan fingerprint density at radius 2 is 2.04 bits per heavy atom. The summed E-state index contributed by atoms with van der Waals surface area (Å²) in [5.41, 5.74) is 1.07. The van der Waals surface area contributed by atoms with E-state index in [1.807, 2.05) is 6.07 Å². The first-order valence-corrected chi connectivity index (χ1v) is 7.36. The SMILES string of the molecule is CC(C)(C)OC(=O)NC1Cn2c(=O)ccc3ccc(C#N)c1c32. The second-order valence-electron chi connectivity index (χ2n) is 6.56. The third-order valence-corrected chi connectivity index (χ3v) is 3.71. The zero-order chi connectivity index (χ0) is 16.8. The van der Waals surface area contributed by atoms with Crippen LogP contribution in [0.3, 0.4) is 0 Å². The highest BCUT2D eigenvalue weighted by atomic mass is 16.6. The van der Waals surface area contributed by atoms with Crippen molar-refractivity contribution in [2.45, 2.75) is 39.0 Å². The zero-order valence-corrected chi connectivity index (χ0v) is 13.2. The number of amides is 1. The number of pyridine rings is 1. The quantitative estimate of drug-likeness (QED) is 0.876. The van der Waals surface area contributed by atoms with Gasteiger partial charge >= 0.3 is 6.09 Å². The van der Waals surface area contributed by atoms with Gasteiger partial charge in [-0.1, -0.05) is 6.07 Å². The van der Waals surface area contributed by atoms with Gasteiger partial charge in [0.25, 0.3) is 5.56 Å². The van der Waals surface area contributed by atoms with E-state index in [1.165, 1.54) is 6.07 Å². The standard InChI is InChI=1S/C17H17N3O3/c1-17(2,3)23-16(22)19-12-9-20-13(21)7-6-10-4-5-11(8-18)14(12)15(10)20/h4-7,12H,9H2,1-3H3,(H,19,22). The largest absolute Gasteiger partial charge is 0.444 e. The number of benzene rings is 1. The highest BCUT2D eigenvalue weighted by Gasteiger charge is 2.30. The molecule has 6 heteroatoms. The maximum Gasteiger partial charge on any atom is 0.408 e. The summed E-state index contributed by atoms with van der Waals surface area (Å²) in [6, 6.07) is 8.42. The Kier molecular flexibility index (Phi) is 3.37. The molecular weight excluding hydrogens is 294 g/mol. The molecule has 1 N–H and O–H groups in total. The Balaban J connectivity index is 2.05. The van der Waals surface area contributed by atoms with Crippen LogP contribution in [0, 0.1) is 11.3 Å². The lowest BCUT2D eigenvalue weighted by atomic mass is 10.0. The summed E-state index contributed by atoms with van der Waals surface area (Å²) < 4.78 is 6.87. The van der Waals surface area contributed by atoms with Gasteiger partial charge in [0, 0.05) is 11.6 Å². The van der Waals surface area contributed by atoms with Crippen LogP contribution < -0.4 is 10.9 Å². The number of rotatable bonds is 1. The third-order valence-electron chi connectivity index (χ3n) is 3.71. The molecule has 1 atom stereocenters. The zero-order valence-electron chi connectivity index (χ0n) is 13.2. The number of alkyl carbamates (subject to hydrolysis) is 1. The van der Waals surface area contributed by atoms with Gasteiger partial charge in [0.1, 0.15) is 5.60 Å². The Morgan fingerprint density at radius 1 is 1.35 bits per heavy atom. The average molecular weight is 311 g/mol. The molecule has 0 saturated carbocycles. The van der Waals surface area contributed by atoms with Gasteiger partial charge in [0.15, 0.2) is 0 Å². The Bertz CT molecular complexity index is 900. The Hall–Kier alpha value is -2.81. The number of nitrogens with one attached hydrogen (secondary N) is 1. The number of nitrogens with zero attached hydrogens (tertiary/aromatic N) is 2. The molecule has 1 unspecified atom stereocenters. The number of aromatic nitrogens is 1. The van der Waals surface area contributed by atoms with Crippen molar-refractivity contribution < 1.29 is 9.53 Å². The van der Waals surface area contributed by atoms with E-state index in [0.717, 1.165) is 5.39 Å². The van der Waals surface area contributed by atoms with E-state index < -0.39 is 17.7 Å². The van der Waals surface area contributed by atoms with E-state index >= 15 is 0 Å². The number of hydrogen-bond acceptors (Lipinski definition) is 4. The molecule has 1 amide bonds. The minimum Gasteiger partial charge on any atom is -0.444 e. The maximum atomic E-state index is 12.1. The fourth-order valence-corrected chi connectivity index (χ4v) is 2.89. The summed E-state index contributed by atoms with van der Waals surface area (Å²) in [5, 5.41) is 13.0. The first-order valence-electron chi connectivity index (χ1n) is 7.36. The van der Waals surface area contributed by atoms with Crippen LogP contribution in [0.5, 0.6) is 0 Å². The molecule has 0 bridgehead atoms. The molecule has 0 spiro atoms. The number of carbonyl (C=O) groups is 1. The summed E-state index contributed by atoms with van der Waals surface area (Å²) in [6.07, 6.45) is -0.566. The lowest BCUT2D eigenvalue weighted by Gasteiger charge is -2.22. The predicted octanol–water partition coefficient (Wildman–Crippen LogP) is 2.45. The monoisotopic (exact) mass is 311 g/mol. The van der Waals surface area contributed by atoms with Crippen molar-refractivity contribution in [1.82, 2.24) is 9.88 Å². The smallest absolute Gasteiger partial charge is 0.408 e. The molecule has 6 nitrogen and oxygen atoms in total. The summed E-state index contributed by atoms with van der Waals surface area (Å²) >= 11 is 0. The molecule has 23 heavy (non-hydrogen) atoms. The number of carbonyl (C=O) groups excluding carboxylic acids is 1. The number of ether oxygens (including phenoxy) is 1. The van der Waals surface area contributed by atoms with Crippen LogP contribution in [-0.2, 0) is 11.3 Å². The van der Waals surface area contributed by atoms with Crippen LogP contribution in [0.4, 0.5) is 4.79 Å². The van der Waals surface area contributed by atoms with Crippen molar-refractivity contribution in [3.8, 4) is 6.07 Å². The molecule has 0 aliphatic carbocycles. The molecule has 3 rings (SSSR count). The maximum absolute atomic E-state index is 12.1. The van der Waals surface area contributed by atoms with Gasteiger partial charge in [-0.25, -0.2) is 4.79 Å². The molecule has 0 fully saturated rings. The van der Waals surface area contributed by atoms with Crippen molar-refractivity contribution in [2.24, 2.45) is 0 Å². The molecular formula is C17H17N3O3.